The normalized spacial score (nSPS) is 16.2. The van der Waals surface area contributed by atoms with Crippen molar-refractivity contribution in [1.29, 1.82) is 0 Å². The van der Waals surface area contributed by atoms with Crippen molar-refractivity contribution in [3.63, 3.8) is 0 Å². The highest BCUT2D eigenvalue weighted by Gasteiger charge is 2.26. The summed E-state index contributed by atoms with van der Waals surface area (Å²) in [6.07, 6.45) is 10.2. The number of carbonyl (C=O) groups excluding carboxylic acids is 1. The Kier molecular flexibility index (Phi) is 5.86. The van der Waals surface area contributed by atoms with Gasteiger partial charge in [0.25, 0.3) is 0 Å². The molecular formula is C30H25FN6O. The average Bonchev–Trinajstić information content (AvgIpc) is 3.33. The lowest BCUT2D eigenvalue weighted by atomic mass is 10.0. The van der Waals surface area contributed by atoms with E-state index in [2.05, 4.69) is 26.9 Å². The Hall–Kier alpha value is -4.61. The van der Waals surface area contributed by atoms with Gasteiger partial charge >= 0.3 is 0 Å². The molecule has 0 saturated carbocycles. The number of hydrogen-bond acceptors (Lipinski definition) is 6. The summed E-state index contributed by atoms with van der Waals surface area (Å²) in [7, 11) is 1.90. The number of halogens is 1. The van der Waals surface area contributed by atoms with Gasteiger partial charge in [-0.05, 0) is 55.8 Å². The Morgan fingerprint density at radius 1 is 1.11 bits per heavy atom. The van der Waals surface area contributed by atoms with Crippen LogP contribution < -0.4 is 4.90 Å². The highest BCUT2D eigenvalue weighted by Crippen LogP contribution is 2.33. The molecule has 38 heavy (non-hydrogen) atoms. The van der Waals surface area contributed by atoms with Crippen LogP contribution in [0.5, 0.6) is 0 Å². The molecule has 0 N–H and O–H groups in total. The summed E-state index contributed by atoms with van der Waals surface area (Å²) >= 11 is 0. The van der Waals surface area contributed by atoms with E-state index in [0.29, 0.717) is 42.4 Å². The monoisotopic (exact) mass is 504 g/mol. The van der Waals surface area contributed by atoms with E-state index in [4.69, 9.17) is 6.42 Å². The number of nitrogens with zero attached hydrogens (tertiary/aromatic N) is 6. The van der Waals surface area contributed by atoms with Crippen LogP contribution in [-0.4, -0.2) is 63.4 Å². The lowest BCUT2D eigenvalue weighted by Gasteiger charge is -2.38. The maximum Gasteiger partial charge on any atom is 0.190 e. The Bertz CT molecular complexity index is 1750. The van der Waals surface area contributed by atoms with Crippen molar-refractivity contribution in [2.45, 2.75) is 13.0 Å². The van der Waals surface area contributed by atoms with Crippen LogP contribution in [0.3, 0.4) is 0 Å². The summed E-state index contributed by atoms with van der Waals surface area (Å²) in [6, 6.07) is 14.8. The molecule has 3 aromatic heterocycles. The molecule has 8 heteroatoms. The van der Waals surface area contributed by atoms with E-state index in [-0.39, 0.29) is 11.9 Å². The smallest absolute Gasteiger partial charge is 0.190 e. The molecule has 188 valence electrons. The van der Waals surface area contributed by atoms with Crippen molar-refractivity contribution in [1.82, 2.24) is 24.4 Å². The van der Waals surface area contributed by atoms with Crippen molar-refractivity contribution in [2.75, 3.05) is 31.6 Å². The lowest BCUT2D eigenvalue weighted by Crippen LogP contribution is -2.52. The first-order chi connectivity index (χ1) is 18.5. The van der Waals surface area contributed by atoms with E-state index >= 15 is 4.39 Å². The van der Waals surface area contributed by atoms with Crippen LogP contribution in [0.2, 0.25) is 0 Å². The molecule has 0 amide bonds. The van der Waals surface area contributed by atoms with E-state index in [9.17, 15) is 4.79 Å². The second-order valence-corrected chi connectivity index (χ2v) is 9.54. The molecule has 1 atom stereocenters. The molecular weight excluding hydrogens is 479 g/mol. The van der Waals surface area contributed by atoms with Crippen molar-refractivity contribution < 1.29 is 9.18 Å². The Morgan fingerprint density at radius 3 is 2.74 bits per heavy atom. The average molecular weight is 505 g/mol. The molecule has 1 fully saturated rings. The van der Waals surface area contributed by atoms with Gasteiger partial charge in [-0.15, -0.1) is 6.42 Å². The summed E-state index contributed by atoms with van der Waals surface area (Å²) in [5.74, 6) is 2.64. The minimum Gasteiger partial charge on any atom is -0.366 e. The summed E-state index contributed by atoms with van der Waals surface area (Å²) in [5, 5.41) is 0.856. The summed E-state index contributed by atoms with van der Waals surface area (Å²) in [5.41, 5.74) is 6.13. The largest absolute Gasteiger partial charge is 0.366 e. The Balaban J connectivity index is 1.51. The first-order valence-corrected chi connectivity index (χ1v) is 12.4. The fourth-order valence-corrected chi connectivity index (χ4v) is 5.22. The number of piperazine rings is 1. The fraction of sp³-hybridized carbons (Fsp3) is 0.200. The highest BCUT2D eigenvalue weighted by atomic mass is 19.1. The number of fused-ring (bicyclic) bond motifs is 3. The third kappa shape index (κ3) is 3.88. The van der Waals surface area contributed by atoms with Gasteiger partial charge in [-0.2, -0.15) is 0 Å². The number of benzene rings is 2. The minimum absolute atomic E-state index is 0.273. The van der Waals surface area contributed by atoms with Crippen LogP contribution in [0.1, 0.15) is 11.5 Å². The van der Waals surface area contributed by atoms with Crippen LogP contribution in [0.4, 0.5) is 10.1 Å². The summed E-state index contributed by atoms with van der Waals surface area (Å²) in [6.45, 7) is 3.72. The number of anilines is 1. The molecule has 4 heterocycles. The Labute approximate surface area is 219 Å². The predicted octanol–water partition coefficient (Wildman–Crippen LogP) is 4.38. The van der Waals surface area contributed by atoms with Crippen LogP contribution in [0.25, 0.3) is 38.8 Å². The number of likely N-dealkylation sites (N-methyl/N-ethyl adjacent to an activating group) is 1. The van der Waals surface area contributed by atoms with Crippen molar-refractivity contribution in [3.05, 3.63) is 78.3 Å². The van der Waals surface area contributed by atoms with Gasteiger partial charge in [0.05, 0.1) is 34.6 Å². The Morgan fingerprint density at radius 2 is 1.97 bits per heavy atom. The van der Waals surface area contributed by atoms with Gasteiger partial charge in [0.2, 0.25) is 0 Å². The number of carbonyl (C=O) groups is 1. The van der Waals surface area contributed by atoms with Crippen LogP contribution in [0.15, 0.2) is 60.9 Å². The second kappa shape index (κ2) is 9.36. The van der Waals surface area contributed by atoms with Gasteiger partial charge in [0.1, 0.15) is 17.6 Å². The van der Waals surface area contributed by atoms with Crippen molar-refractivity contribution in [2.24, 2.45) is 0 Å². The maximum absolute atomic E-state index is 15.6. The van der Waals surface area contributed by atoms with E-state index in [0.717, 1.165) is 39.5 Å². The molecule has 0 bridgehead atoms. The first-order valence-electron chi connectivity index (χ1n) is 12.4. The zero-order valence-electron chi connectivity index (χ0n) is 21.1. The van der Waals surface area contributed by atoms with Crippen LogP contribution in [0, 0.1) is 25.1 Å². The number of aromatic nitrogens is 4. The third-order valence-corrected chi connectivity index (χ3v) is 7.31. The number of pyridine rings is 2. The third-order valence-electron chi connectivity index (χ3n) is 7.31. The number of aryl methyl sites for hydroxylation is 1. The van der Waals surface area contributed by atoms with E-state index in [1.54, 1.807) is 18.5 Å². The van der Waals surface area contributed by atoms with Crippen molar-refractivity contribution >= 4 is 33.9 Å². The summed E-state index contributed by atoms with van der Waals surface area (Å²) in [4.78, 5) is 29.0. The minimum atomic E-state index is -0.383. The molecule has 6 rings (SSSR count). The number of imidazole rings is 1. The molecule has 1 unspecified atom stereocenters. The van der Waals surface area contributed by atoms with Gasteiger partial charge in [0, 0.05) is 48.5 Å². The number of hydrogen-bond donors (Lipinski definition) is 0. The molecule has 1 aliphatic heterocycles. The number of rotatable bonds is 4. The topological polar surface area (TPSA) is 67.2 Å². The van der Waals surface area contributed by atoms with E-state index in [1.807, 2.05) is 58.7 Å². The zero-order chi connectivity index (χ0) is 26.4. The summed E-state index contributed by atoms with van der Waals surface area (Å²) < 4.78 is 17.4. The quantitative estimate of drug-likeness (QED) is 0.267. The molecule has 1 aliphatic rings. The van der Waals surface area contributed by atoms with E-state index in [1.165, 1.54) is 6.07 Å². The molecule has 1 saturated heterocycles. The predicted molar refractivity (Wildman–Crippen MR) is 147 cm³/mol. The van der Waals surface area contributed by atoms with Gasteiger partial charge in [-0.1, -0.05) is 12.1 Å². The first kappa shape index (κ1) is 23.8. The van der Waals surface area contributed by atoms with Crippen LogP contribution >= 0.6 is 0 Å². The molecule has 7 nitrogen and oxygen atoms in total. The molecule has 0 radical (unpaired) electrons. The van der Waals surface area contributed by atoms with Gasteiger partial charge in [0.15, 0.2) is 5.82 Å². The maximum atomic E-state index is 15.6. The molecule has 2 aromatic carbocycles. The molecule has 5 aromatic rings. The molecule has 0 aliphatic carbocycles. The van der Waals surface area contributed by atoms with E-state index < -0.39 is 0 Å². The van der Waals surface area contributed by atoms with Crippen molar-refractivity contribution in [3.8, 4) is 29.2 Å². The van der Waals surface area contributed by atoms with Gasteiger partial charge in [-0.25, -0.2) is 9.37 Å². The SMILES string of the molecule is C#Cc1nc2cnc3ccc(-c4cccnc4C)cc3c2n1-c1ccc(N2CCN(C)C(C=O)C2)c(F)c1. The highest BCUT2D eigenvalue weighted by molar-refractivity contribution is 6.05. The van der Waals surface area contributed by atoms with Gasteiger partial charge < -0.3 is 9.69 Å². The molecule has 0 spiro atoms. The zero-order valence-corrected chi connectivity index (χ0v) is 21.1. The van der Waals surface area contributed by atoms with Gasteiger partial charge in [-0.3, -0.25) is 19.4 Å². The number of aldehydes is 1. The lowest BCUT2D eigenvalue weighted by molar-refractivity contribution is -0.112. The second-order valence-electron chi connectivity index (χ2n) is 9.54. The standard InChI is InChI=1S/C30H25FN6O/c1-4-29-34-27-16-33-26-9-7-20(23-6-5-11-32-19(23)2)14-24(26)30(27)37(29)21-8-10-28(25(31)15-21)36-13-12-35(3)22(17-36)18-38/h1,5-11,14-16,18,22H,12-13,17H2,2-3H3. The fourth-order valence-electron chi connectivity index (χ4n) is 5.22. The van der Waals surface area contributed by atoms with Crippen LogP contribution in [-0.2, 0) is 4.79 Å². The number of terminal acetylenes is 1.